The van der Waals surface area contributed by atoms with Gasteiger partial charge in [0.05, 0.1) is 12.6 Å². The Kier molecular flexibility index (Phi) is 5.97. The molecule has 22 heavy (non-hydrogen) atoms. The third kappa shape index (κ3) is 4.55. The maximum absolute atomic E-state index is 13.1. The standard InChI is InChI=1S/C15H19ClF2N2O2/c1-20(11-6-4-10(16)5-7-11)9-13(21)19-14(15(17)18)12-3-2-8-22-12/h4-7,12,14-15H,2-3,8-9H2,1H3,(H,19,21). The minimum atomic E-state index is -2.65. The maximum atomic E-state index is 13.1. The SMILES string of the molecule is CN(CC(=O)NC(C(F)F)C1CCCO1)c1ccc(Cl)cc1. The van der Waals surface area contributed by atoms with E-state index >= 15 is 0 Å². The number of alkyl halides is 2. The number of anilines is 1. The van der Waals surface area contributed by atoms with Gasteiger partial charge in [-0.25, -0.2) is 8.78 Å². The van der Waals surface area contributed by atoms with Gasteiger partial charge in [0.15, 0.2) is 0 Å². The average molecular weight is 333 g/mol. The van der Waals surface area contributed by atoms with Crippen LogP contribution in [0.2, 0.25) is 5.02 Å². The summed E-state index contributed by atoms with van der Waals surface area (Å²) in [6, 6.07) is 5.69. The molecule has 1 aromatic rings. The summed E-state index contributed by atoms with van der Waals surface area (Å²) < 4.78 is 31.4. The van der Waals surface area contributed by atoms with Gasteiger partial charge in [-0.15, -0.1) is 0 Å². The molecule has 2 unspecified atom stereocenters. The number of benzene rings is 1. The molecular weight excluding hydrogens is 314 g/mol. The van der Waals surface area contributed by atoms with Gasteiger partial charge in [-0.05, 0) is 37.1 Å². The molecule has 4 nitrogen and oxygen atoms in total. The van der Waals surface area contributed by atoms with Crippen molar-refractivity contribution in [3.05, 3.63) is 29.3 Å². The predicted octanol–water partition coefficient (Wildman–Crippen LogP) is 2.71. The van der Waals surface area contributed by atoms with Crippen molar-refractivity contribution in [2.75, 3.05) is 25.1 Å². The Morgan fingerprint density at radius 3 is 2.68 bits per heavy atom. The van der Waals surface area contributed by atoms with Gasteiger partial charge in [0, 0.05) is 24.4 Å². The minimum Gasteiger partial charge on any atom is -0.376 e. The Labute approximate surface area is 133 Å². The molecule has 0 saturated carbocycles. The van der Waals surface area contributed by atoms with Crippen LogP contribution >= 0.6 is 11.6 Å². The number of carbonyl (C=O) groups is 1. The van der Waals surface area contributed by atoms with Gasteiger partial charge in [-0.2, -0.15) is 0 Å². The molecule has 1 heterocycles. The second-order valence-electron chi connectivity index (χ2n) is 5.31. The fraction of sp³-hybridized carbons (Fsp3) is 0.533. The lowest BCUT2D eigenvalue weighted by Crippen LogP contribution is -2.50. The van der Waals surface area contributed by atoms with E-state index in [1.165, 1.54) is 0 Å². The zero-order valence-corrected chi connectivity index (χ0v) is 13.0. The molecule has 2 rings (SSSR count). The van der Waals surface area contributed by atoms with E-state index in [4.69, 9.17) is 16.3 Å². The van der Waals surface area contributed by atoms with Crippen LogP contribution < -0.4 is 10.2 Å². The van der Waals surface area contributed by atoms with Crippen molar-refractivity contribution in [3.63, 3.8) is 0 Å². The zero-order valence-electron chi connectivity index (χ0n) is 12.3. The van der Waals surface area contributed by atoms with Crippen LogP contribution in [0.3, 0.4) is 0 Å². The van der Waals surface area contributed by atoms with Crippen LogP contribution in [0.4, 0.5) is 14.5 Å². The zero-order chi connectivity index (χ0) is 16.1. The summed E-state index contributed by atoms with van der Waals surface area (Å²) in [6.07, 6.45) is -1.96. The molecule has 0 spiro atoms. The molecule has 0 radical (unpaired) electrons. The summed E-state index contributed by atoms with van der Waals surface area (Å²) in [6.45, 7) is 0.450. The fourth-order valence-electron chi connectivity index (χ4n) is 2.44. The molecule has 1 aliphatic rings. The number of amides is 1. The lowest BCUT2D eigenvalue weighted by Gasteiger charge is -2.25. The number of halogens is 3. The number of hydrogen-bond acceptors (Lipinski definition) is 3. The van der Waals surface area contributed by atoms with Gasteiger partial charge in [-0.3, -0.25) is 4.79 Å². The first-order chi connectivity index (χ1) is 10.5. The van der Waals surface area contributed by atoms with Crippen LogP contribution in [0, 0.1) is 0 Å². The predicted molar refractivity (Wildman–Crippen MR) is 81.6 cm³/mol. The van der Waals surface area contributed by atoms with Crippen LogP contribution in [0.15, 0.2) is 24.3 Å². The van der Waals surface area contributed by atoms with Crippen LogP contribution in [-0.2, 0) is 9.53 Å². The van der Waals surface area contributed by atoms with Gasteiger partial charge < -0.3 is 15.0 Å². The van der Waals surface area contributed by atoms with Gasteiger partial charge in [0.25, 0.3) is 6.43 Å². The van der Waals surface area contributed by atoms with E-state index in [9.17, 15) is 13.6 Å². The minimum absolute atomic E-state index is 0.0163. The second kappa shape index (κ2) is 7.74. The van der Waals surface area contributed by atoms with Crippen molar-refractivity contribution in [2.45, 2.75) is 31.4 Å². The fourth-order valence-corrected chi connectivity index (χ4v) is 2.56. The van der Waals surface area contributed by atoms with Crippen molar-refractivity contribution in [3.8, 4) is 0 Å². The summed E-state index contributed by atoms with van der Waals surface area (Å²) in [7, 11) is 1.71. The van der Waals surface area contributed by atoms with Crippen LogP contribution in [0.5, 0.6) is 0 Å². The number of ether oxygens (including phenoxy) is 1. The van der Waals surface area contributed by atoms with E-state index in [0.29, 0.717) is 18.1 Å². The quantitative estimate of drug-likeness (QED) is 0.871. The Balaban J connectivity index is 1.91. The highest BCUT2D eigenvalue weighted by atomic mass is 35.5. The molecule has 2 atom stereocenters. The summed E-state index contributed by atoms with van der Waals surface area (Å²) in [5, 5.41) is 2.98. The first-order valence-corrected chi connectivity index (χ1v) is 7.51. The lowest BCUT2D eigenvalue weighted by molar-refractivity contribution is -0.123. The van der Waals surface area contributed by atoms with Crippen LogP contribution in [0.25, 0.3) is 0 Å². The Hall–Kier alpha value is -1.40. The normalized spacial score (nSPS) is 19.2. The number of nitrogens with one attached hydrogen (secondary N) is 1. The molecule has 0 aliphatic carbocycles. The van der Waals surface area contributed by atoms with E-state index in [1.807, 2.05) is 0 Å². The number of carbonyl (C=O) groups excluding carboxylic acids is 1. The third-order valence-electron chi connectivity index (χ3n) is 3.61. The molecule has 122 valence electrons. The molecule has 0 aromatic heterocycles. The molecule has 1 aromatic carbocycles. The highest BCUT2D eigenvalue weighted by Crippen LogP contribution is 2.20. The largest absolute Gasteiger partial charge is 0.376 e. The van der Waals surface area contributed by atoms with Gasteiger partial charge in [0.1, 0.15) is 6.04 Å². The van der Waals surface area contributed by atoms with Gasteiger partial charge in [0.2, 0.25) is 5.91 Å². The van der Waals surface area contributed by atoms with Crippen molar-refractivity contribution in [2.24, 2.45) is 0 Å². The Morgan fingerprint density at radius 1 is 1.45 bits per heavy atom. The van der Waals surface area contributed by atoms with Crippen molar-refractivity contribution in [1.29, 1.82) is 0 Å². The van der Waals surface area contributed by atoms with Gasteiger partial charge in [-0.1, -0.05) is 11.6 Å². The lowest BCUT2D eigenvalue weighted by atomic mass is 10.1. The second-order valence-corrected chi connectivity index (χ2v) is 5.75. The number of likely N-dealkylation sites (N-methyl/N-ethyl adjacent to an activating group) is 1. The molecule has 1 saturated heterocycles. The van der Waals surface area contributed by atoms with E-state index in [1.54, 1.807) is 36.2 Å². The molecule has 1 fully saturated rings. The van der Waals surface area contributed by atoms with E-state index in [2.05, 4.69) is 5.32 Å². The first kappa shape index (κ1) is 17.0. The summed E-state index contributed by atoms with van der Waals surface area (Å²) >= 11 is 5.80. The van der Waals surface area contributed by atoms with Crippen LogP contribution in [-0.4, -0.2) is 44.7 Å². The molecule has 7 heteroatoms. The molecule has 1 N–H and O–H groups in total. The Morgan fingerprint density at radius 2 is 2.14 bits per heavy atom. The first-order valence-electron chi connectivity index (χ1n) is 7.13. The third-order valence-corrected chi connectivity index (χ3v) is 3.86. The summed E-state index contributed by atoms with van der Waals surface area (Å²) in [5.74, 6) is -0.460. The smallest absolute Gasteiger partial charge is 0.261 e. The highest BCUT2D eigenvalue weighted by molar-refractivity contribution is 6.30. The Bertz CT molecular complexity index is 493. The molecule has 1 amide bonds. The molecular formula is C15H19ClF2N2O2. The molecule has 0 bridgehead atoms. The van der Waals surface area contributed by atoms with Crippen molar-refractivity contribution in [1.82, 2.24) is 5.32 Å². The highest BCUT2D eigenvalue weighted by Gasteiger charge is 2.34. The summed E-state index contributed by atoms with van der Waals surface area (Å²) in [5.41, 5.74) is 0.783. The maximum Gasteiger partial charge on any atom is 0.261 e. The van der Waals surface area contributed by atoms with E-state index < -0.39 is 24.5 Å². The topological polar surface area (TPSA) is 41.6 Å². The number of rotatable bonds is 6. The van der Waals surface area contributed by atoms with Crippen LogP contribution in [0.1, 0.15) is 12.8 Å². The average Bonchev–Trinajstić information content (AvgIpc) is 2.99. The number of hydrogen-bond donors (Lipinski definition) is 1. The molecule has 1 aliphatic heterocycles. The van der Waals surface area contributed by atoms with Crippen molar-refractivity contribution < 1.29 is 18.3 Å². The van der Waals surface area contributed by atoms with Gasteiger partial charge >= 0.3 is 0 Å². The van der Waals surface area contributed by atoms with Crippen molar-refractivity contribution >= 4 is 23.2 Å². The summed E-state index contributed by atoms with van der Waals surface area (Å²) in [4.78, 5) is 13.7. The monoisotopic (exact) mass is 332 g/mol. The van der Waals surface area contributed by atoms with E-state index in [-0.39, 0.29) is 6.54 Å². The van der Waals surface area contributed by atoms with E-state index in [0.717, 1.165) is 12.1 Å². The number of nitrogens with zero attached hydrogens (tertiary/aromatic N) is 1.